The number of rotatable bonds is 2. The first-order valence-corrected chi connectivity index (χ1v) is 8.29. The van der Waals surface area contributed by atoms with Crippen molar-refractivity contribution in [2.24, 2.45) is 0 Å². The van der Waals surface area contributed by atoms with E-state index in [0.29, 0.717) is 18.0 Å². The second kappa shape index (κ2) is 5.80. The third-order valence-electron chi connectivity index (χ3n) is 4.00. The van der Waals surface area contributed by atoms with Gasteiger partial charge in [-0.2, -0.15) is 18.2 Å². The molecule has 3 aromatic rings. The summed E-state index contributed by atoms with van der Waals surface area (Å²) in [5, 5.41) is 3.78. The molecular formula is C15H11F3N4O2S. The molecule has 3 heterocycles. The zero-order valence-corrected chi connectivity index (χ0v) is 13.5. The van der Waals surface area contributed by atoms with Crippen molar-refractivity contribution in [3.05, 3.63) is 41.0 Å². The molecule has 0 N–H and O–H groups in total. The van der Waals surface area contributed by atoms with E-state index in [0.717, 1.165) is 10.2 Å². The maximum atomic E-state index is 12.6. The van der Waals surface area contributed by atoms with Crippen LogP contribution in [0.1, 0.15) is 33.9 Å². The molecule has 1 saturated heterocycles. The van der Waals surface area contributed by atoms with Gasteiger partial charge in [0, 0.05) is 19.0 Å². The molecule has 0 spiro atoms. The van der Waals surface area contributed by atoms with Gasteiger partial charge in [-0.25, -0.2) is 4.98 Å². The molecule has 0 bridgehead atoms. The average molecular weight is 368 g/mol. The van der Waals surface area contributed by atoms with Crippen LogP contribution in [0.3, 0.4) is 0 Å². The maximum absolute atomic E-state index is 12.6. The Morgan fingerprint density at radius 2 is 2.08 bits per heavy atom. The standard InChI is InChI=1S/C15H11F3N4O2S/c16-15(17,18)14-20-11(21-24-14)8-5-6-22(7-8)13(23)12-19-9-3-1-2-4-10(9)25-12/h1-4,8H,5-7H2/t8-/m1/s1. The van der Waals surface area contributed by atoms with Crippen molar-refractivity contribution in [3.8, 4) is 0 Å². The van der Waals surface area contributed by atoms with Gasteiger partial charge in [0.2, 0.25) is 0 Å². The number of hydrogen-bond donors (Lipinski definition) is 0. The van der Waals surface area contributed by atoms with Gasteiger partial charge >= 0.3 is 12.1 Å². The Labute approximate surface area is 143 Å². The van der Waals surface area contributed by atoms with Crippen molar-refractivity contribution in [2.75, 3.05) is 13.1 Å². The van der Waals surface area contributed by atoms with E-state index in [4.69, 9.17) is 0 Å². The van der Waals surface area contributed by atoms with Crippen LogP contribution in [0.15, 0.2) is 28.8 Å². The summed E-state index contributed by atoms with van der Waals surface area (Å²) in [6, 6.07) is 7.42. The summed E-state index contributed by atoms with van der Waals surface area (Å²) in [6.45, 7) is 0.654. The number of fused-ring (bicyclic) bond motifs is 1. The van der Waals surface area contributed by atoms with Gasteiger partial charge in [-0.15, -0.1) is 11.3 Å². The van der Waals surface area contributed by atoms with Crippen molar-refractivity contribution < 1.29 is 22.5 Å². The number of hydrogen-bond acceptors (Lipinski definition) is 6. The summed E-state index contributed by atoms with van der Waals surface area (Å²) in [4.78, 5) is 21.9. The summed E-state index contributed by atoms with van der Waals surface area (Å²) >= 11 is 1.30. The van der Waals surface area contributed by atoms with E-state index in [9.17, 15) is 18.0 Å². The summed E-state index contributed by atoms with van der Waals surface area (Å²) in [5.41, 5.74) is 0.750. The highest BCUT2D eigenvalue weighted by Gasteiger charge is 2.40. The topological polar surface area (TPSA) is 72.1 Å². The second-order valence-electron chi connectivity index (χ2n) is 5.68. The second-order valence-corrected chi connectivity index (χ2v) is 6.71. The molecule has 1 fully saturated rings. The molecule has 0 aliphatic carbocycles. The third kappa shape index (κ3) is 2.97. The van der Waals surface area contributed by atoms with Crippen LogP contribution in [0.25, 0.3) is 10.2 Å². The number of amides is 1. The lowest BCUT2D eigenvalue weighted by molar-refractivity contribution is -0.159. The van der Waals surface area contributed by atoms with E-state index >= 15 is 0 Å². The zero-order valence-electron chi connectivity index (χ0n) is 12.7. The van der Waals surface area contributed by atoms with Crippen molar-refractivity contribution in [1.29, 1.82) is 0 Å². The fourth-order valence-electron chi connectivity index (χ4n) is 2.77. The third-order valence-corrected chi connectivity index (χ3v) is 5.03. The summed E-state index contributed by atoms with van der Waals surface area (Å²) in [5.74, 6) is -1.99. The van der Waals surface area contributed by atoms with Crippen LogP contribution in [-0.2, 0) is 6.18 Å². The number of nitrogens with zero attached hydrogens (tertiary/aromatic N) is 4. The molecule has 1 atom stereocenters. The number of aromatic nitrogens is 3. The van der Waals surface area contributed by atoms with Crippen molar-refractivity contribution in [1.82, 2.24) is 20.0 Å². The van der Waals surface area contributed by atoms with Crippen LogP contribution in [0.2, 0.25) is 0 Å². The smallest absolute Gasteiger partial charge is 0.336 e. The van der Waals surface area contributed by atoms with Crippen LogP contribution < -0.4 is 0 Å². The van der Waals surface area contributed by atoms with Gasteiger partial charge in [0.1, 0.15) is 0 Å². The Bertz CT molecular complexity index is 903. The monoisotopic (exact) mass is 368 g/mol. The molecule has 0 unspecified atom stereocenters. The summed E-state index contributed by atoms with van der Waals surface area (Å²) < 4.78 is 42.8. The minimum atomic E-state index is -4.67. The Morgan fingerprint density at radius 3 is 2.80 bits per heavy atom. The lowest BCUT2D eigenvalue weighted by Gasteiger charge is -2.13. The van der Waals surface area contributed by atoms with Gasteiger partial charge < -0.3 is 9.42 Å². The lowest BCUT2D eigenvalue weighted by atomic mass is 10.1. The fraction of sp³-hybridized carbons (Fsp3) is 0.333. The van der Waals surface area contributed by atoms with E-state index in [2.05, 4.69) is 19.6 Å². The number of para-hydroxylation sites is 1. The number of carbonyl (C=O) groups is 1. The highest BCUT2D eigenvalue weighted by Crippen LogP contribution is 2.32. The molecule has 130 valence electrons. The predicted molar refractivity (Wildman–Crippen MR) is 82.2 cm³/mol. The minimum absolute atomic E-state index is 0.0214. The van der Waals surface area contributed by atoms with Crippen molar-refractivity contribution >= 4 is 27.5 Å². The zero-order chi connectivity index (χ0) is 17.6. The molecular weight excluding hydrogens is 357 g/mol. The Kier molecular flexibility index (Phi) is 3.71. The van der Waals surface area contributed by atoms with Gasteiger partial charge in [-0.3, -0.25) is 4.79 Å². The predicted octanol–water partition coefficient (Wildman–Crippen LogP) is 3.33. The molecule has 0 radical (unpaired) electrons. The fourth-order valence-corrected chi connectivity index (χ4v) is 3.70. The van der Waals surface area contributed by atoms with Crippen molar-refractivity contribution in [3.63, 3.8) is 0 Å². The molecule has 1 aliphatic rings. The van der Waals surface area contributed by atoms with E-state index in [1.54, 1.807) is 4.90 Å². The van der Waals surface area contributed by atoms with Gasteiger partial charge in [-0.05, 0) is 18.6 Å². The quantitative estimate of drug-likeness (QED) is 0.694. The number of benzene rings is 1. The minimum Gasteiger partial charge on any atom is -0.336 e. The Balaban J connectivity index is 1.50. The van der Waals surface area contributed by atoms with E-state index in [1.165, 1.54) is 11.3 Å². The average Bonchev–Trinajstić information content (AvgIpc) is 3.30. The molecule has 1 aliphatic heterocycles. The molecule has 1 aromatic carbocycles. The maximum Gasteiger partial charge on any atom is 0.471 e. The Morgan fingerprint density at radius 1 is 1.28 bits per heavy atom. The molecule has 0 saturated carbocycles. The molecule has 4 rings (SSSR count). The van der Waals surface area contributed by atoms with E-state index in [1.807, 2.05) is 24.3 Å². The summed E-state index contributed by atoms with van der Waals surface area (Å²) in [6.07, 6.45) is -4.19. The van der Waals surface area contributed by atoms with Crippen molar-refractivity contribution in [2.45, 2.75) is 18.5 Å². The first-order valence-electron chi connectivity index (χ1n) is 7.47. The number of thiazole rings is 1. The number of alkyl halides is 3. The van der Waals surface area contributed by atoms with Gasteiger partial charge in [-0.1, -0.05) is 17.3 Å². The van der Waals surface area contributed by atoms with Gasteiger partial charge in [0.25, 0.3) is 5.91 Å². The van der Waals surface area contributed by atoms with Crippen LogP contribution in [0, 0.1) is 0 Å². The first kappa shape index (κ1) is 16.0. The molecule has 2 aromatic heterocycles. The largest absolute Gasteiger partial charge is 0.471 e. The summed E-state index contributed by atoms with van der Waals surface area (Å²) in [7, 11) is 0. The van der Waals surface area contributed by atoms with Crippen LogP contribution in [0.5, 0.6) is 0 Å². The van der Waals surface area contributed by atoms with Gasteiger partial charge in [0.15, 0.2) is 10.8 Å². The number of carbonyl (C=O) groups excluding carboxylic acids is 1. The van der Waals surface area contributed by atoms with E-state index in [-0.39, 0.29) is 24.2 Å². The molecule has 6 nitrogen and oxygen atoms in total. The lowest BCUT2D eigenvalue weighted by Crippen LogP contribution is -2.28. The SMILES string of the molecule is O=C(c1nc2ccccc2s1)N1CC[C@@H](c2noc(C(F)(F)F)n2)C1. The normalized spacial score (nSPS) is 18.2. The van der Waals surface area contributed by atoms with Crippen LogP contribution in [0.4, 0.5) is 13.2 Å². The number of likely N-dealkylation sites (tertiary alicyclic amines) is 1. The first-order chi connectivity index (χ1) is 11.9. The molecule has 1 amide bonds. The van der Waals surface area contributed by atoms with Crippen LogP contribution >= 0.6 is 11.3 Å². The van der Waals surface area contributed by atoms with Crippen LogP contribution in [-0.4, -0.2) is 39.0 Å². The Hall–Kier alpha value is -2.49. The van der Waals surface area contributed by atoms with Gasteiger partial charge in [0.05, 0.1) is 10.2 Å². The molecule has 10 heteroatoms. The molecule has 25 heavy (non-hydrogen) atoms. The highest BCUT2D eigenvalue weighted by molar-refractivity contribution is 7.20. The highest BCUT2D eigenvalue weighted by atomic mass is 32.1. The van der Waals surface area contributed by atoms with E-state index < -0.39 is 12.1 Å². The number of halogens is 3.